The number of carbonyl (C=O) groups is 1. The number of aliphatic hydroxyl groups is 1. The number of esters is 1. The Morgan fingerprint density at radius 1 is 0.941 bits per heavy atom. The molecule has 0 aliphatic heterocycles. The molecule has 3 nitrogen and oxygen atoms in total. The first-order valence-corrected chi connectivity index (χ1v) is 14.9. The van der Waals surface area contributed by atoms with Gasteiger partial charge in [0.2, 0.25) is 0 Å². The predicted molar refractivity (Wildman–Crippen MR) is 139 cm³/mol. The molecule has 0 aromatic rings. The van der Waals surface area contributed by atoms with E-state index >= 15 is 0 Å². The standard InChI is InChI=1S/C31H54O3/c1-7-22(20(2)3)9-8-21(4)26-12-13-27-25-11-10-23-18-24(34-29(33)19-32)14-16-30(23,5)28(25)15-17-31(26,27)6/h20-28,32H,7-19H2,1-6H3/t21-,22-,23?,24+,25?,26-,27?,28?,30+,31-/m1/s1. The Morgan fingerprint density at radius 2 is 1.65 bits per heavy atom. The third kappa shape index (κ3) is 4.73. The monoisotopic (exact) mass is 474 g/mol. The molecule has 196 valence electrons. The first kappa shape index (κ1) is 26.5. The van der Waals surface area contributed by atoms with Gasteiger partial charge in [-0.05, 0) is 122 Å². The van der Waals surface area contributed by atoms with E-state index in [4.69, 9.17) is 9.84 Å². The lowest BCUT2D eigenvalue weighted by Crippen LogP contribution is -2.54. The summed E-state index contributed by atoms with van der Waals surface area (Å²) >= 11 is 0. The number of hydrogen-bond acceptors (Lipinski definition) is 3. The molecule has 10 atom stereocenters. The molecule has 0 saturated heterocycles. The third-order valence-electron chi connectivity index (χ3n) is 12.3. The minimum atomic E-state index is -0.487. The second kappa shape index (κ2) is 10.4. The zero-order valence-electron chi connectivity index (χ0n) is 23.2. The van der Waals surface area contributed by atoms with Crippen LogP contribution in [0.25, 0.3) is 0 Å². The van der Waals surface area contributed by atoms with Crippen molar-refractivity contribution < 1.29 is 14.6 Å². The van der Waals surface area contributed by atoms with Gasteiger partial charge in [0.05, 0.1) is 0 Å². The summed E-state index contributed by atoms with van der Waals surface area (Å²) in [5, 5.41) is 9.10. The maximum Gasteiger partial charge on any atom is 0.332 e. The van der Waals surface area contributed by atoms with Gasteiger partial charge in [-0.15, -0.1) is 0 Å². The van der Waals surface area contributed by atoms with Gasteiger partial charge < -0.3 is 9.84 Å². The number of ether oxygens (including phenoxy) is 1. The highest BCUT2D eigenvalue weighted by atomic mass is 16.6. The van der Waals surface area contributed by atoms with E-state index in [0.717, 1.165) is 54.3 Å². The lowest BCUT2D eigenvalue weighted by Gasteiger charge is -2.61. The molecule has 0 heterocycles. The minimum Gasteiger partial charge on any atom is -0.461 e. The van der Waals surface area contributed by atoms with Crippen molar-refractivity contribution in [1.82, 2.24) is 0 Å². The molecule has 1 N–H and O–H groups in total. The van der Waals surface area contributed by atoms with E-state index in [1.807, 2.05) is 0 Å². The fraction of sp³-hybridized carbons (Fsp3) is 0.968. The number of carbonyl (C=O) groups excluding carboxylic acids is 1. The molecule has 4 fully saturated rings. The first-order valence-electron chi connectivity index (χ1n) is 14.9. The van der Waals surface area contributed by atoms with Gasteiger partial charge >= 0.3 is 5.97 Å². The van der Waals surface area contributed by atoms with E-state index in [0.29, 0.717) is 16.7 Å². The van der Waals surface area contributed by atoms with Crippen LogP contribution in [0.5, 0.6) is 0 Å². The molecule has 3 heteroatoms. The van der Waals surface area contributed by atoms with Crippen LogP contribution >= 0.6 is 0 Å². The molecule has 34 heavy (non-hydrogen) atoms. The highest BCUT2D eigenvalue weighted by Gasteiger charge is 2.60. The second-order valence-corrected chi connectivity index (χ2v) is 13.9. The van der Waals surface area contributed by atoms with Gasteiger partial charge in [-0.1, -0.05) is 54.4 Å². The number of aliphatic hydroxyl groups excluding tert-OH is 1. The highest BCUT2D eigenvalue weighted by Crippen LogP contribution is 2.68. The Morgan fingerprint density at radius 3 is 2.32 bits per heavy atom. The molecule has 4 unspecified atom stereocenters. The summed E-state index contributed by atoms with van der Waals surface area (Å²) in [6.45, 7) is 14.6. The molecule has 0 radical (unpaired) electrons. The van der Waals surface area contributed by atoms with Crippen molar-refractivity contribution in [2.75, 3.05) is 6.61 Å². The molecule has 0 amide bonds. The SMILES string of the molecule is CC[C@H](CC[C@@H](C)[C@H]1CCC2C3CCC4C[C@@H](OC(=O)CO)CC[C@]4(C)C3CC[C@@]21C)C(C)C. The Balaban J connectivity index is 1.41. The lowest BCUT2D eigenvalue weighted by atomic mass is 9.44. The van der Waals surface area contributed by atoms with Gasteiger partial charge in [0.15, 0.2) is 0 Å². The van der Waals surface area contributed by atoms with E-state index in [-0.39, 0.29) is 6.10 Å². The molecule has 0 bridgehead atoms. The second-order valence-electron chi connectivity index (χ2n) is 13.9. The maximum atomic E-state index is 11.7. The average Bonchev–Trinajstić information content (AvgIpc) is 3.16. The van der Waals surface area contributed by atoms with Crippen LogP contribution in [-0.2, 0) is 9.53 Å². The van der Waals surface area contributed by atoms with E-state index in [1.165, 1.54) is 64.2 Å². The maximum absolute atomic E-state index is 11.7. The van der Waals surface area contributed by atoms with Crippen molar-refractivity contribution in [2.24, 2.45) is 58.2 Å². The van der Waals surface area contributed by atoms with Crippen LogP contribution in [0, 0.1) is 58.2 Å². The molecule has 4 saturated carbocycles. The predicted octanol–water partition coefficient (Wildman–Crippen LogP) is 7.65. The summed E-state index contributed by atoms with van der Waals surface area (Å²) in [4.78, 5) is 11.7. The minimum absolute atomic E-state index is 0.0256. The first-order chi connectivity index (χ1) is 16.1. The van der Waals surface area contributed by atoms with Gasteiger partial charge in [0, 0.05) is 0 Å². The van der Waals surface area contributed by atoms with Crippen molar-refractivity contribution in [3.05, 3.63) is 0 Å². The smallest absolute Gasteiger partial charge is 0.332 e. The van der Waals surface area contributed by atoms with Crippen molar-refractivity contribution >= 4 is 5.97 Å². The topological polar surface area (TPSA) is 46.5 Å². The van der Waals surface area contributed by atoms with Crippen LogP contribution in [0.4, 0.5) is 0 Å². The van der Waals surface area contributed by atoms with Crippen LogP contribution in [0.15, 0.2) is 0 Å². The summed E-state index contributed by atoms with van der Waals surface area (Å²) in [7, 11) is 0. The Kier molecular flexibility index (Phi) is 8.12. The average molecular weight is 475 g/mol. The van der Waals surface area contributed by atoms with Crippen LogP contribution < -0.4 is 0 Å². The Bertz CT molecular complexity index is 703. The summed E-state index contributed by atoms with van der Waals surface area (Å²) < 4.78 is 5.57. The van der Waals surface area contributed by atoms with Crippen LogP contribution in [0.1, 0.15) is 119 Å². The van der Waals surface area contributed by atoms with Crippen LogP contribution in [-0.4, -0.2) is 23.8 Å². The van der Waals surface area contributed by atoms with E-state index in [2.05, 4.69) is 41.5 Å². The molecule has 0 spiro atoms. The molecule has 4 rings (SSSR count). The summed E-state index contributed by atoms with van der Waals surface area (Å²) in [5.74, 6) is 6.43. The molecule has 0 aromatic carbocycles. The van der Waals surface area contributed by atoms with E-state index in [1.54, 1.807) is 0 Å². The molecular formula is C31H54O3. The van der Waals surface area contributed by atoms with E-state index < -0.39 is 12.6 Å². The van der Waals surface area contributed by atoms with Gasteiger partial charge in [0.1, 0.15) is 12.7 Å². The van der Waals surface area contributed by atoms with Crippen LogP contribution in [0.3, 0.4) is 0 Å². The van der Waals surface area contributed by atoms with Crippen molar-refractivity contribution in [3.63, 3.8) is 0 Å². The fourth-order valence-corrected chi connectivity index (χ4v) is 10.2. The molecule has 0 aromatic heterocycles. The van der Waals surface area contributed by atoms with Crippen molar-refractivity contribution in [3.8, 4) is 0 Å². The molecular weight excluding hydrogens is 420 g/mol. The molecule has 4 aliphatic carbocycles. The number of hydrogen-bond donors (Lipinski definition) is 1. The van der Waals surface area contributed by atoms with Gasteiger partial charge in [-0.25, -0.2) is 4.79 Å². The van der Waals surface area contributed by atoms with E-state index in [9.17, 15) is 4.79 Å². The summed E-state index contributed by atoms with van der Waals surface area (Å²) in [6.07, 6.45) is 15.9. The zero-order valence-corrected chi connectivity index (χ0v) is 23.2. The molecule has 4 aliphatic rings. The summed E-state index contributed by atoms with van der Waals surface area (Å²) in [6, 6.07) is 0. The third-order valence-corrected chi connectivity index (χ3v) is 12.3. The Labute approximate surface area is 210 Å². The lowest BCUT2D eigenvalue weighted by molar-refractivity contribution is -0.165. The Hall–Kier alpha value is -0.570. The van der Waals surface area contributed by atoms with Crippen molar-refractivity contribution in [1.29, 1.82) is 0 Å². The number of rotatable bonds is 8. The number of fused-ring (bicyclic) bond motifs is 5. The van der Waals surface area contributed by atoms with Gasteiger partial charge in [-0.2, -0.15) is 0 Å². The zero-order chi connectivity index (χ0) is 24.7. The van der Waals surface area contributed by atoms with Gasteiger partial charge in [0.25, 0.3) is 0 Å². The largest absolute Gasteiger partial charge is 0.461 e. The summed E-state index contributed by atoms with van der Waals surface area (Å²) in [5.41, 5.74) is 0.971. The van der Waals surface area contributed by atoms with Crippen molar-refractivity contribution in [2.45, 2.75) is 125 Å². The van der Waals surface area contributed by atoms with Crippen LogP contribution in [0.2, 0.25) is 0 Å². The highest BCUT2D eigenvalue weighted by molar-refractivity contribution is 5.70. The fourth-order valence-electron chi connectivity index (χ4n) is 10.2. The normalized spacial score (nSPS) is 43.5. The van der Waals surface area contributed by atoms with Gasteiger partial charge in [-0.3, -0.25) is 0 Å². The quantitative estimate of drug-likeness (QED) is 0.367.